The van der Waals surface area contributed by atoms with Crippen molar-refractivity contribution < 1.29 is 8.42 Å². The van der Waals surface area contributed by atoms with E-state index in [1.165, 1.54) is 0 Å². The summed E-state index contributed by atoms with van der Waals surface area (Å²) in [6.45, 7) is 9.84. The lowest BCUT2D eigenvalue weighted by molar-refractivity contribution is 0.173. The van der Waals surface area contributed by atoms with Crippen LogP contribution in [0.4, 0.5) is 0 Å². The number of hydrogen-bond donors (Lipinski definition) is 1. The summed E-state index contributed by atoms with van der Waals surface area (Å²) in [4.78, 5) is 2.18. The number of hydrogen-bond acceptors (Lipinski definition) is 4. The zero-order chi connectivity index (χ0) is 13.3. The molecule has 0 spiro atoms. The van der Waals surface area contributed by atoms with Gasteiger partial charge in [-0.1, -0.05) is 6.92 Å². The molecular weight excluding hydrogens is 236 g/mol. The van der Waals surface area contributed by atoms with Crippen LogP contribution >= 0.6 is 0 Å². The zero-order valence-corrected chi connectivity index (χ0v) is 12.3. The van der Waals surface area contributed by atoms with Gasteiger partial charge in [-0.25, -0.2) is 8.42 Å². The summed E-state index contributed by atoms with van der Waals surface area (Å²) in [5.41, 5.74) is 5.95. The Morgan fingerprint density at radius 1 is 1.29 bits per heavy atom. The number of nitrogens with two attached hydrogens (primary N) is 1. The molecule has 0 aromatic heterocycles. The van der Waals surface area contributed by atoms with E-state index in [4.69, 9.17) is 5.73 Å². The van der Waals surface area contributed by atoms with Gasteiger partial charge in [-0.15, -0.1) is 0 Å². The highest BCUT2D eigenvalue weighted by atomic mass is 32.2. The van der Waals surface area contributed by atoms with Gasteiger partial charge in [0.2, 0.25) is 0 Å². The van der Waals surface area contributed by atoms with Crippen LogP contribution in [0.25, 0.3) is 0 Å². The lowest BCUT2D eigenvalue weighted by Gasteiger charge is -2.35. The van der Waals surface area contributed by atoms with Crippen molar-refractivity contribution in [3.63, 3.8) is 0 Å². The van der Waals surface area contributed by atoms with Crippen molar-refractivity contribution in [1.82, 2.24) is 4.90 Å². The van der Waals surface area contributed by atoms with Crippen LogP contribution < -0.4 is 5.73 Å². The van der Waals surface area contributed by atoms with Crippen LogP contribution in [0, 0.1) is 5.92 Å². The lowest BCUT2D eigenvalue weighted by atomic mass is 9.97. The summed E-state index contributed by atoms with van der Waals surface area (Å²) in [6.07, 6.45) is 1.04. The molecule has 0 aromatic rings. The largest absolute Gasteiger partial charge is 0.327 e. The predicted octanol–water partition coefficient (Wildman–Crippen LogP) is 0.869. The molecule has 0 saturated carbocycles. The van der Waals surface area contributed by atoms with E-state index in [9.17, 15) is 8.42 Å². The van der Waals surface area contributed by atoms with Crippen LogP contribution in [-0.4, -0.2) is 49.5 Å². The first-order valence-electron chi connectivity index (χ1n) is 6.32. The van der Waals surface area contributed by atoms with Gasteiger partial charge in [0.05, 0.1) is 10.5 Å². The fraction of sp³-hybridized carbons (Fsp3) is 1.00. The molecule has 102 valence electrons. The molecular formula is C12H26N2O2S. The maximum atomic E-state index is 12.0. The van der Waals surface area contributed by atoms with Gasteiger partial charge in [0, 0.05) is 25.7 Å². The Balaban J connectivity index is 2.51. The fourth-order valence-electron chi connectivity index (χ4n) is 2.25. The van der Waals surface area contributed by atoms with Crippen molar-refractivity contribution in [1.29, 1.82) is 0 Å². The Labute approximate surface area is 105 Å². The minimum absolute atomic E-state index is 0.191. The van der Waals surface area contributed by atoms with Gasteiger partial charge in [-0.3, -0.25) is 0 Å². The van der Waals surface area contributed by atoms with E-state index in [0.29, 0.717) is 12.5 Å². The molecule has 1 saturated heterocycles. The highest BCUT2D eigenvalue weighted by molar-refractivity contribution is 7.92. The van der Waals surface area contributed by atoms with Crippen LogP contribution in [0.5, 0.6) is 0 Å². The minimum atomic E-state index is -3.01. The molecule has 5 heteroatoms. The van der Waals surface area contributed by atoms with Crippen molar-refractivity contribution in [2.45, 2.75) is 44.9 Å². The number of piperidine rings is 1. The zero-order valence-electron chi connectivity index (χ0n) is 11.4. The van der Waals surface area contributed by atoms with Crippen molar-refractivity contribution >= 4 is 9.84 Å². The molecule has 0 aromatic carbocycles. The van der Waals surface area contributed by atoms with E-state index < -0.39 is 14.6 Å². The maximum Gasteiger partial charge on any atom is 0.156 e. The molecule has 0 bridgehead atoms. The molecule has 0 radical (unpaired) electrons. The van der Waals surface area contributed by atoms with E-state index in [-0.39, 0.29) is 11.8 Å². The summed E-state index contributed by atoms with van der Waals surface area (Å²) in [5, 5.41) is 0. The van der Waals surface area contributed by atoms with Crippen molar-refractivity contribution in [2.75, 3.05) is 25.4 Å². The molecule has 2 N–H and O–H groups in total. The minimum Gasteiger partial charge on any atom is -0.327 e. The lowest BCUT2D eigenvalue weighted by Crippen LogP contribution is -2.48. The second kappa shape index (κ2) is 5.24. The number of rotatable bonds is 3. The summed E-state index contributed by atoms with van der Waals surface area (Å²) in [6, 6.07) is 0.191. The predicted molar refractivity (Wildman–Crippen MR) is 71.7 cm³/mol. The summed E-state index contributed by atoms with van der Waals surface area (Å²) in [7, 11) is -3.01. The number of nitrogens with zero attached hydrogens (tertiary/aromatic N) is 1. The SMILES string of the molecule is CC1CC(N)CN(CCS(=O)(=O)C(C)(C)C)C1. The molecule has 4 nitrogen and oxygen atoms in total. The Morgan fingerprint density at radius 3 is 2.35 bits per heavy atom. The van der Waals surface area contributed by atoms with E-state index in [0.717, 1.165) is 19.5 Å². The molecule has 1 fully saturated rings. The third-order valence-electron chi connectivity index (χ3n) is 3.38. The fourth-order valence-corrected chi connectivity index (χ4v) is 3.36. The first-order chi connectivity index (χ1) is 7.62. The van der Waals surface area contributed by atoms with Gasteiger partial charge < -0.3 is 10.6 Å². The summed E-state index contributed by atoms with van der Waals surface area (Å²) >= 11 is 0. The third kappa shape index (κ3) is 4.23. The number of sulfone groups is 1. The van der Waals surface area contributed by atoms with Crippen LogP contribution in [0.15, 0.2) is 0 Å². The normalized spacial score (nSPS) is 28.3. The van der Waals surface area contributed by atoms with Crippen molar-refractivity contribution in [3.05, 3.63) is 0 Å². The molecule has 1 aliphatic heterocycles. The Kier molecular flexibility index (Phi) is 4.60. The van der Waals surface area contributed by atoms with Gasteiger partial charge in [0.15, 0.2) is 9.84 Å². The van der Waals surface area contributed by atoms with E-state index in [2.05, 4.69) is 11.8 Å². The standard InChI is InChI=1S/C12H26N2O2S/c1-10-7-11(13)9-14(8-10)5-6-17(15,16)12(2,3)4/h10-11H,5-9,13H2,1-4H3. The summed E-state index contributed by atoms with van der Waals surface area (Å²) < 4.78 is 23.3. The van der Waals surface area contributed by atoms with Gasteiger partial charge in [-0.2, -0.15) is 0 Å². The highest BCUT2D eigenvalue weighted by Crippen LogP contribution is 2.18. The highest BCUT2D eigenvalue weighted by Gasteiger charge is 2.30. The topological polar surface area (TPSA) is 63.4 Å². The Morgan fingerprint density at radius 2 is 1.88 bits per heavy atom. The monoisotopic (exact) mass is 262 g/mol. The van der Waals surface area contributed by atoms with E-state index >= 15 is 0 Å². The molecule has 2 unspecified atom stereocenters. The van der Waals surface area contributed by atoms with Gasteiger partial charge in [0.25, 0.3) is 0 Å². The van der Waals surface area contributed by atoms with Crippen molar-refractivity contribution in [3.8, 4) is 0 Å². The maximum absolute atomic E-state index is 12.0. The van der Waals surface area contributed by atoms with Crippen LogP contribution in [-0.2, 0) is 9.84 Å². The first-order valence-corrected chi connectivity index (χ1v) is 7.97. The second-order valence-electron chi connectivity index (χ2n) is 6.29. The molecule has 0 amide bonds. The van der Waals surface area contributed by atoms with Gasteiger partial charge in [-0.05, 0) is 33.1 Å². The molecule has 2 atom stereocenters. The van der Waals surface area contributed by atoms with Crippen LogP contribution in [0.1, 0.15) is 34.1 Å². The first kappa shape index (κ1) is 14.9. The van der Waals surface area contributed by atoms with Crippen LogP contribution in [0.2, 0.25) is 0 Å². The number of likely N-dealkylation sites (tertiary alicyclic amines) is 1. The quantitative estimate of drug-likeness (QED) is 0.820. The Bertz CT molecular complexity index is 336. The smallest absolute Gasteiger partial charge is 0.156 e. The molecule has 1 heterocycles. The molecule has 1 rings (SSSR count). The van der Waals surface area contributed by atoms with E-state index in [1.807, 2.05) is 0 Å². The van der Waals surface area contributed by atoms with Crippen LogP contribution in [0.3, 0.4) is 0 Å². The van der Waals surface area contributed by atoms with Gasteiger partial charge >= 0.3 is 0 Å². The average Bonchev–Trinajstić information content (AvgIpc) is 2.11. The third-order valence-corrected chi connectivity index (χ3v) is 5.96. The Hall–Kier alpha value is -0.130. The molecule has 0 aliphatic carbocycles. The molecule has 17 heavy (non-hydrogen) atoms. The van der Waals surface area contributed by atoms with Crippen molar-refractivity contribution in [2.24, 2.45) is 11.7 Å². The molecule has 1 aliphatic rings. The van der Waals surface area contributed by atoms with E-state index in [1.54, 1.807) is 20.8 Å². The average molecular weight is 262 g/mol. The summed E-state index contributed by atoms with van der Waals surface area (Å²) in [5.74, 6) is 0.798. The second-order valence-corrected chi connectivity index (χ2v) is 9.15. The van der Waals surface area contributed by atoms with Gasteiger partial charge in [0.1, 0.15) is 0 Å².